The summed E-state index contributed by atoms with van der Waals surface area (Å²) in [5.41, 5.74) is 2.01. The highest BCUT2D eigenvalue weighted by Gasteiger charge is 2.05. The second-order valence-electron chi connectivity index (χ2n) is 3.77. The van der Waals surface area contributed by atoms with Crippen LogP contribution in [0.4, 0.5) is 4.39 Å². The average Bonchev–Trinajstić information content (AvgIpc) is 2.38. The predicted molar refractivity (Wildman–Crippen MR) is 77.5 cm³/mol. The second-order valence-corrected chi connectivity index (χ2v) is 5.18. The van der Waals surface area contributed by atoms with Gasteiger partial charge in [-0.1, -0.05) is 56.1 Å². The van der Waals surface area contributed by atoms with E-state index in [9.17, 15) is 4.39 Å². The topological polar surface area (TPSA) is 9.23 Å². The Bertz CT molecular complexity index is 543. The van der Waals surface area contributed by atoms with Crippen molar-refractivity contribution in [2.75, 3.05) is 0 Å². The van der Waals surface area contributed by atoms with Crippen molar-refractivity contribution < 1.29 is 9.13 Å². The van der Waals surface area contributed by atoms with Gasteiger partial charge in [0.2, 0.25) is 0 Å². The zero-order chi connectivity index (χ0) is 13.0. The fraction of sp³-hybridized carbons (Fsp3) is 0.143. The number of hydrogen-bond acceptors (Lipinski definition) is 1. The minimum absolute atomic E-state index is 0.258. The molecule has 0 spiro atoms. The Balaban J connectivity index is 2.11. The van der Waals surface area contributed by atoms with E-state index in [0.29, 0.717) is 6.61 Å². The summed E-state index contributed by atoms with van der Waals surface area (Å²) in [6.07, 6.45) is 0. The monoisotopic (exact) mass is 372 g/mol. The Kier molecular flexibility index (Phi) is 4.78. The van der Waals surface area contributed by atoms with E-state index in [2.05, 4.69) is 31.9 Å². The molecule has 0 fully saturated rings. The van der Waals surface area contributed by atoms with Crippen molar-refractivity contribution in [3.8, 4) is 5.75 Å². The van der Waals surface area contributed by atoms with Crippen LogP contribution < -0.4 is 4.74 Å². The molecule has 2 aromatic carbocycles. The van der Waals surface area contributed by atoms with E-state index in [-0.39, 0.29) is 5.82 Å². The van der Waals surface area contributed by atoms with Crippen LogP contribution in [0.2, 0.25) is 0 Å². The molecular formula is C14H11Br2FO. The number of alkyl halides is 1. The number of halogens is 3. The average molecular weight is 374 g/mol. The lowest BCUT2D eigenvalue weighted by Crippen LogP contribution is -1.98. The van der Waals surface area contributed by atoms with E-state index >= 15 is 0 Å². The van der Waals surface area contributed by atoms with E-state index in [0.717, 1.165) is 26.7 Å². The Morgan fingerprint density at radius 3 is 2.56 bits per heavy atom. The van der Waals surface area contributed by atoms with Crippen LogP contribution in [0.3, 0.4) is 0 Å². The van der Waals surface area contributed by atoms with Gasteiger partial charge in [-0.2, -0.15) is 0 Å². The third-order valence-electron chi connectivity index (χ3n) is 2.51. The molecule has 0 atom stereocenters. The third-order valence-corrected chi connectivity index (χ3v) is 3.86. The maximum atomic E-state index is 13.0. The molecule has 0 saturated carbocycles. The molecule has 0 unspecified atom stereocenters. The normalized spacial score (nSPS) is 10.4. The standard InChI is InChI=1S/C14H11Br2FO/c15-8-10-3-1-2-4-14(10)18-9-11-5-6-12(17)7-13(11)16/h1-7H,8-9H2. The van der Waals surface area contributed by atoms with E-state index in [4.69, 9.17) is 4.74 Å². The van der Waals surface area contributed by atoms with Gasteiger partial charge in [-0.3, -0.25) is 0 Å². The van der Waals surface area contributed by atoms with Gasteiger partial charge in [-0.15, -0.1) is 0 Å². The molecule has 0 aliphatic rings. The molecule has 0 saturated heterocycles. The van der Waals surface area contributed by atoms with Crippen molar-refractivity contribution in [2.45, 2.75) is 11.9 Å². The largest absolute Gasteiger partial charge is 0.489 e. The van der Waals surface area contributed by atoms with E-state index < -0.39 is 0 Å². The van der Waals surface area contributed by atoms with E-state index in [1.165, 1.54) is 12.1 Å². The molecule has 1 nitrogen and oxygen atoms in total. The highest BCUT2D eigenvalue weighted by molar-refractivity contribution is 9.10. The Hall–Kier alpha value is -0.870. The van der Waals surface area contributed by atoms with Crippen LogP contribution in [0.25, 0.3) is 0 Å². The molecule has 0 N–H and O–H groups in total. The zero-order valence-electron chi connectivity index (χ0n) is 9.50. The number of ether oxygens (including phenoxy) is 1. The van der Waals surface area contributed by atoms with Crippen molar-refractivity contribution in [3.63, 3.8) is 0 Å². The summed E-state index contributed by atoms with van der Waals surface area (Å²) >= 11 is 6.75. The van der Waals surface area contributed by atoms with Gasteiger partial charge in [0.15, 0.2) is 0 Å². The molecule has 0 radical (unpaired) electrons. The molecular weight excluding hydrogens is 363 g/mol. The minimum atomic E-state index is -0.258. The summed E-state index contributed by atoms with van der Waals surface area (Å²) in [6.45, 7) is 0.408. The molecule has 0 aliphatic heterocycles. The van der Waals surface area contributed by atoms with Crippen LogP contribution in [-0.4, -0.2) is 0 Å². The molecule has 0 aromatic heterocycles. The smallest absolute Gasteiger partial charge is 0.124 e. The van der Waals surface area contributed by atoms with Crippen LogP contribution in [0, 0.1) is 5.82 Å². The maximum absolute atomic E-state index is 13.0. The molecule has 94 valence electrons. The number of rotatable bonds is 4. The van der Waals surface area contributed by atoms with Gasteiger partial charge in [0.05, 0.1) is 0 Å². The molecule has 0 heterocycles. The highest BCUT2D eigenvalue weighted by Crippen LogP contribution is 2.24. The van der Waals surface area contributed by atoms with Gasteiger partial charge in [0.1, 0.15) is 18.2 Å². The molecule has 0 bridgehead atoms. The summed E-state index contributed by atoms with van der Waals surface area (Å²) in [6, 6.07) is 12.4. The highest BCUT2D eigenvalue weighted by atomic mass is 79.9. The number of hydrogen-bond donors (Lipinski definition) is 0. The first-order valence-electron chi connectivity index (χ1n) is 5.41. The van der Waals surface area contributed by atoms with Gasteiger partial charge >= 0.3 is 0 Å². The molecule has 2 rings (SSSR count). The lowest BCUT2D eigenvalue weighted by atomic mass is 10.2. The van der Waals surface area contributed by atoms with Crippen molar-refractivity contribution >= 4 is 31.9 Å². The molecule has 2 aromatic rings. The lowest BCUT2D eigenvalue weighted by molar-refractivity contribution is 0.303. The third kappa shape index (κ3) is 3.33. The van der Waals surface area contributed by atoms with Crippen molar-refractivity contribution in [1.29, 1.82) is 0 Å². The molecule has 18 heavy (non-hydrogen) atoms. The maximum Gasteiger partial charge on any atom is 0.124 e. The first-order chi connectivity index (χ1) is 8.70. The summed E-state index contributed by atoms with van der Waals surface area (Å²) < 4.78 is 19.4. The number of benzene rings is 2. The first-order valence-corrected chi connectivity index (χ1v) is 7.32. The minimum Gasteiger partial charge on any atom is -0.489 e. The Morgan fingerprint density at radius 1 is 1.06 bits per heavy atom. The molecule has 0 aliphatic carbocycles. The second kappa shape index (κ2) is 6.34. The fourth-order valence-electron chi connectivity index (χ4n) is 1.55. The van der Waals surface area contributed by atoms with Crippen molar-refractivity contribution in [3.05, 3.63) is 63.9 Å². The zero-order valence-corrected chi connectivity index (χ0v) is 12.7. The summed E-state index contributed by atoms with van der Waals surface area (Å²) in [5, 5.41) is 0.744. The summed E-state index contributed by atoms with van der Waals surface area (Å²) in [4.78, 5) is 0. The van der Waals surface area contributed by atoms with Crippen molar-refractivity contribution in [2.24, 2.45) is 0 Å². The first kappa shape index (κ1) is 13.6. The SMILES string of the molecule is Fc1ccc(COc2ccccc2CBr)c(Br)c1. The Morgan fingerprint density at radius 2 is 1.83 bits per heavy atom. The van der Waals surface area contributed by atoms with Crippen LogP contribution >= 0.6 is 31.9 Å². The van der Waals surface area contributed by atoms with Gasteiger partial charge in [-0.05, 0) is 18.2 Å². The molecule has 4 heteroatoms. The van der Waals surface area contributed by atoms with Crippen LogP contribution in [-0.2, 0) is 11.9 Å². The Labute approximate surface area is 122 Å². The van der Waals surface area contributed by atoms with Crippen molar-refractivity contribution in [1.82, 2.24) is 0 Å². The number of para-hydroxylation sites is 1. The lowest BCUT2D eigenvalue weighted by Gasteiger charge is -2.11. The van der Waals surface area contributed by atoms with E-state index in [1.54, 1.807) is 6.07 Å². The van der Waals surface area contributed by atoms with Gasteiger partial charge in [0, 0.05) is 20.9 Å². The summed E-state index contributed by atoms with van der Waals surface area (Å²) in [7, 11) is 0. The molecule has 0 amide bonds. The van der Waals surface area contributed by atoms with Gasteiger partial charge in [0.25, 0.3) is 0 Å². The van der Waals surface area contributed by atoms with E-state index in [1.807, 2.05) is 24.3 Å². The quantitative estimate of drug-likeness (QED) is 0.680. The van der Waals surface area contributed by atoms with Gasteiger partial charge < -0.3 is 4.74 Å². The van der Waals surface area contributed by atoms with Crippen LogP contribution in [0.1, 0.15) is 11.1 Å². The summed E-state index contributed by atoms with van der Waals surface area (Å²) in [5.74, 6) is 0.581. The fourth-order valence-corrected chi connectivity index (χ4v) is 2.48. The van der Waals surface area contributed by atoms with Crippen LogP contribution in [0.5, 0.6) is 5.75 Å². The predicted octanol–water partition coefficient (Wildman–Crippen LogP) is 5.06. The van der Waals surface area contributed by atoms with Gasteiger partial charge in [-0.25, -0.2) is 4.39 Å². The van der Waals surface area contributed by atoms with Crippen LogP contribution in [0.15, 0.2) is 46.9 Å².